The fourth-order valence-corrected chi connectivity index (χ4v) is 4.19. The number of H-pyrrole nitrogens is 1. The summed E-state index contributed by atoms with van der Waals surface area (Å²) in [6, 6.07) is 11.6. The first-order valence-corrected chi connectivity index (χ1v) is 10.6. The number of carbonyl (C=O) groups is 2. The molecule has 7 nitrogen and oxygen atoms in total. The zero-order chi connectivity index (χ0) is 22.8. The molecule has 1 aliphatic rings. The van der Waals surface area contributed by atoms with E-state index in [0.717, 1.165) is 16.5 Å². The molecule has 0 spiro atoms. The van der Waals surface area contributed by atoms with Crippen LogP contribution in [0, 0.1) is 0 Å². The standard InChI is InChI=1S/C24H23ClN2O5/c1-3-32-19-12-14(8-9-17(19)25)22(28)20-21(27(10-11-31-2)24(30)23(20)29)16-13-26-18-7-5-4-6-15(16)18/h4-9,12-13,21,26,28H,3,10-11H2,1-2H3/b22-20+. The van der Waals surface area contributed by atoms with Crippen molar-refractivity contribution in [1.29, 1.82) is 0 Å². The number of hydrogen-bond donors (Lipinski definition) is 2. The summed E-state index contributed by atoms with van der Waals surface area (Å²) in [5.41, 5.74) is 1.94. The third-order valence-electron chi connectivity index (χ3n) is 5.50. The van der Waals surface area contributed by atoms with Gasteiger partial charge in [0.05, 0.1) is 29.9 Å². The van der Waals surface area contributed by atoms with Crippen molar-refractivity contribution in [2.45, 2.75) is 13.0 Å². The summed E-state index contributed by atoms with van der Waals surface area (Å²) < 4.78 is 10.7. The van der Waals surface area contributed by atoms with Gasteiger partial charge >= 0.3 is 0 Å². The molecule has 1 fully saturated rings. The Morgan fingerprint density at radius 1 is 1.22 bits per heavy atom. The molecular formula is C24H23ClN2O5. The molecule has 32 heavy (non-hydrogen) atoms. The number of aromatic nitrogens is 1. The monoisotopic (exact) mass is 454 g/mol. The molecule has 1 aliphatic heterocycles. The van der Waals surface area contributed by atoms with Crippen LogP contribution in [0.5, 0.6) is 5.75 Å². The molecule has 166 valence electrons. The normalized spacial score (nSPS) is 18.0. The molecule has 0 saturated carbocycles. The zero-order valence-corrected chi connectivity index (χ0v) is 18.5. The molecule has 2 N–H and O–H groups in total. The summed E-state index contributed by atoms with van der Waals surface area (Å²) in [6.07, 6.45) is 1.77. The van der Waals surface area contributed by atoms with Gasteiger partial charge < -0.3 is 24.5 Å². The van der Waals surface area contributed by atoms with E-state index >= 15 is 0 Å². The molecule has 8 heteroatoms. The predicted molar refractivity (Wildman–Crippen MR) is 122 cm³/mol. The van der Waals surface area contributed by atoms with Crippen molar-refractivity contribution in [2.75, 3.05) is 26.9 Å². The number of Topliss-reactive ketones (excluding diaryl/α,β-unsaturated/α-hetero) is 1. The lowest BCUT2D eigenvalue weighted by molar-refractivity contribution is -0.140. The number of carbonyl (C=O) groups excluding carboxylic acids is 2. The van der Waals surface area contributed by atoms with E-state index in [4.69, 9.17) is 21.1 Å². The van der Waals surface area contributed by atoms with Crippen molar-refractivity contribution in [2.24, 2.45) is 0 Å². The highest BCUT2D eigenvalue weighted by atomic mass is 35.5. The Labute approximate surface area is 190 Å². The van der Waals surface area contributed by atoms with E-state index in [1.54, 1.807) is 24.4 Å². The Kier molecular flexibility index (Phi) is 6.21. The summed E-state index contributed by atoms with van der Waals surface area (Å²) in [6.45, 7) is 2.66. The third kappa shape index (κ3) is 3.74. The van der Waals surface area contributed by atoms with Crippen LogP contribution in [0.2, 0.25) is 5.02 Å². The van der Waals surface area contributed by atoms with Crippen LogP contribution in [0.1, 0.15) is 24.1 Å². The summed E-state index contributed by atoms with van der Waals surface area (Å²) in [5, 5.41) is 12.5. The maximum atomic E-state index is 13.1. The van der Waals surface area contributed by atoms with E-state index in [1.165, 1.54) is 12.0 Å². The first-order valence-electron chi connectivity index (χ1n) is 10.2. The van der Waals surface area contributed by atoms with Crippen LogP contribution in [0.3, 0.4) is 0 Å². The van der Waals surface area contributed by atoms with E-state index in [-0.39, 0.29) is 24.5 Å². The minimum atomic E-state index is -0.771. The first kappa shape index (κ1) is 21.9. The van der Waals surface area contributed by atoms with Gasteiger partial charge in [0, 0.05) is 41.9 Å². The van der Waals surface area contributed by atoms with E-state index in [9.17, 15) is 14.7 Å². The first-order chi connectivity index (χ1) is 15.5. The lowest BCUT2D eigenvalue weighted by Crippen LogP contribution is -2.32. The Balaban J connectivity index is 1.91. The largest absolute Gasteiger partial charge is 0.507 e. The van der Waals surface area contributed by atoms with Crippen molar-refractivity contribution in [3.05, 3.63) is 70.4 Å². The zero-order valence-electron chi connectivity index (χ0n) is 17.7. The van der Waals surface area contributed by atoms with Gasteiger partial charge in [0.15, 0.2) is 0 Å². The second-order valence-corrected chi connectivity index (χ2v) is 7.76. The number of aliphatic hydroxyl groups is 1. The molecule has 2 heterocycles. The van der Waals surface area contributed by atoms with Crippen molar-refractivity contribution >= 4 is 40.0 Å². The number of hydrogen-bond acceptors (Lipinski definition) is 5. The molecule has 3 aromatic rings. The maximum absolute atomic E-state index is 13.1. The van der Waals surface area contributed by atoms with Crippen LogP contribution < -0.4 is 4.74 Å². The van der Waals surface area contributed by atoms with Crippen LogP contribution in [0.4, 0.5) is 0 Å². The van der Waals surface area contributed by atoms with Crippen molar-refractivity contribution in [3.63, 3.8) is 0 Å². The average molecular weight is 455 g/mol. The number of nitrogens with zero attached hydrogens (tertiary/aromatic N) is 1. The minimum Gasteiger partial charge on any atom is -0.507 e. The van der Waals surface area contributed by atoms with Crippen LogP contribution >= 0.6 is 11.6 Å². The molecule has 1 unspecified atom stereocenters. The van der Waals surface area contributed by atoms with Crippen LogP contribution in [-0.4, -0.2) is 53.5 Å². The smallest absolute Gasteiger partial charge is 0.295 e. The van der Waals surface area contributed by atoms with Gasteiger partial charge in [0.2, 0.25) is 0 Å². The molecule has 1 amide bonds. The number of para-hydroxylation sites is 1. The number of aromatic amines is 1. The molecule has 4 rings (SSSR count). The van der Waals surface area contributed by atoms with Crippen molar-refractivity contribution < 1.29 is 24.2 Å². The highest BCUT2D eigenvalue weighted by Gasteiger charge is 2.46. The quantitative estimate of drug-likeness (QED) is 0.315. The summed E-state index contributed by atoms with van der Waals surface area (Å²) >= 11 is 6.18. The van der Waals surface area contributed by atoms with Gasteiger partial charge in [0.1, 0.15) is 11.5 Å². The van der Waals surface area contributed by atoms with E-state index in [0.29, 0.717) is 22.9 Å². The van der Waals surface area contributed by atoms with Gasteiger partial charge in [-0.1, -0.05) is 29.8 Å². The fraction of sp³-hybridized carbons (Fsp3) is 0.250. The number of halogens is 1. The molecule has 0 aliphatic carbocycles. The number of ketones is 1. The summed E-state index contributed by atoms with van der Waals surface area (Å²) in [7, 11) is 1.53. The summed E-state index contributed by atoms with van der Waals surface area (Å²) in [4.78, 5) is 30.7. The average Bonchev–Trinajstić information content (AvgIpc) is 3.32. The molecule has 1 saturated heterocycles. The molecule has 0 bridgehead atoms. The number of methoxy groups -OCH3 is 1. The van der Waals surface area contributed by atoms with Crippen molar-refractivity contribution in [3.8, 4) is 5.75 Å². The summed E-state index contributed by atoms with van der Waals surface area (Å²) in [5.74, 6) is -1.33. The lowest BCUT2D eigenvalue weighted by atomic mass is 9.95. The molecule has 1 aromatic heterocycles. The van der Waals surface area contributed by atoms with Crippen LogP contribution in [0.15, 0.2) is 54.2 Å². The number of rotatable bonds is 7. The molecule has 1 atom stereocenters. The number of aliphatic hydroxyl groups excluding tert-OH is 1. The Morgan fingerprint density at radius 2 is 2.00 bits per heavy atom. The second kappa shape index (κ2) is 9.06. The van der Waals surface area contributed by atoms with Gasteiger partial charge in [-0.05, 0) is 31.2 Å². The number of nitrogens with one attached hydrogen (secondary N) is 1. The molecule has 0 radical (unpaired) electrons. The van der Waals surface area contributed by atoms with Gasteiger partial charge in [-0.25, -0.2) is 0 Å². The van der Waals surface area contributed by atoms with Gasteiger partial charge in [0.25, 0.3) is 11.7 Å². The maximum Gasteiger partial charge on any atom is 0.295 e. The molecule has 2 aromatic carbocycles. The van der Waals surface area contributed by atoms with E-state index in [1.807, 2.05) is 31.2 Å². The number of likely N-dealkylation sites (tertiary alicyclic amines) is 1. The van der Waals surface area contributed by atoms with Gasteiger partial charge in [-0.3, -0.25) is 9.59 Å². The number of amides is 1. The van der Waals surface area contributed by atoms with E-state index in [2.05, 4.69) is 4.98 Å². The van der Waals surface area contributed by atoms with E-state index < -0.39 is 17.7 Å². The minimum absolute atomic E-state index is 0.0145. The fourth-order valence-electron chi connectivity index (χ4n) is 4.02. The Bertz CT molecular complexity index is 1220. The Hall–Kier alpha value is -3.29. The topological polar surface area (TPSA) is 91.9 Å². The predicted octanol–water partition coefficient (Wildman–Crippen LogP) is 4.29. The van der Waals surface area contributed by atoms with Gasteiger partial charge in [-0.15, -0.1) is 0 Å². The lowest BCUT2D eigenvalue weighted by Gasteiger charge is -2.24. The van der Waals surface area contributed by atoms with Crippen molar-refractivity contribution in [1.82, 2.24) is 9.88 Å². The number of ether oxygens (including phenoxy) is 2. The third-order valence-corrected chi connectivity index (χ3v) is 5.81. The van der Waals surface area contributed by atoms with Crippen LogP contribution in [-0.2, 0) is 14.3 Å². The highest BCUT2D eigenvalue weighted by molar-refractivity contribution is 6.46. The SMILES string of the molecule is CCOc1cc(/C(O)=C2\C(=O)C(=O)N(CCOC)C2c2c[nH]c3ccccc23)ccc1Cl. The Morgan fingerprint density at radius 3 is 2.75 bits per heavy atom. The molecular weight excluding hydrogens is 432 g/mol. The van der Waals surface area contributed by atoms with Gasteiger partial charge in [-0.2, -0.15) is 0 Å². The second-order valence-electron chi connectivity index (χ2n) is 7.35. The highest BCUT2D eigenvalue weighted by Crippen LogP contribution is 2.42. The number of benzene rings is 2. The number of fused-ring (bicyclic) bond motifs is 1. The van der Waals surface area contributed by atoms with Crippen LogP contribution in [0.25, 0.3) is 16.7 Å².